The van der Waals surface area contributed by atoms with Crippen molar-refractivity contribution in [2.75, 3.05) is 11.9 Å². The van der Waals surface area contributed by atoms with Crippen molar-refractivity contribution < 1.29 is 9.90 Å². The molecule has 0 aliphatic heterocycles. The van der Waals surface area contributed by atoms with E-state index in [1.807, 2.05) is 0 Å². The predicted octanol–water partition coefficient (Wildman–Crippen LogP) is 2.41. The van der Waals surface area contributed by atoms with E-state index < -0.39 is 5.97 Å². The van der Waals surface area contributed by atoms with Crippen LogP contribution < -0.4 is 5.32 Å². The van der Waals surface area contributed by atoms with E-state index in [0.717, 1.165) is 19.4 Å². The molecule has 5 heteroatoms. The lowest BCUT2D eigenvalue weighted by molar-refractivity contribution is 0.0697. The third kappa shape index (κ3) is 4.80. The molecule has 0 radical (unpaired) electrons. The van der Waals surface area contributed by atoms with Gasteiger partial charge in [-0.3, -0.25) is 0 Å². The third-order valence-electron chi connectivity index (χ3n) is 2.45. The summed E-state index contributed by atoms with van der Waals surface area (Å²) < 4.78 is 0. The summed E-state index contributed by atoms with van der Waals surface area (Å²) in [6.45, 7) is 5.11. The van der Waals surface area contributed by atoms with Gasteiger partial charge in [0.1, 0.15) is 5.56 Å². The molecule has 1 rings (SSSR count). The molecule has 94 valence electrons. The van der Waals surface area contributed by atoms with Gasteiger partial charge in [0, 0.05) is 6.54 Å². The molecule has 0 saturated heterocycles. The minimum Gasteiger partial charge on any atom is -0.478 e. The molecule has 0 bridgehead atoms. The minimum atomic E-state index is -0.982. The van der Waals surface area contributed by atoms with Crippen LogP contribution in [0.5, 0.6) is 0 Å². The van der Waals surface area contributed by atoms with Crippen molar-refractivity contribution in [3.05, 3.63) is 17.8 Å². The highest BCUT2D eigenvalue weighted by Crippen LogP contribution is 2.11. The zero-order chi connectivity index (χ0) is 12.7. The van der Waals surface area contributed by atoms with Gasteiger partial charge in [-0.2, -0.15) is 5.10 Å². The molecule has 1 aromatic rings. The molecule has 0 aromatic carbocycles. The Hall–Kier alpha value is -1.65. The van der Waals surface area contributed by atoms with Crippen LogP contribution in [0.3, 0.4) is 0 Å². The van der Waals surface area contributed by atoms with Crippen molar-refractivity contribution in [2.24, 2.45) is 5.92 Å². The first-order valence-corrected chi connectivity index (χ1v) is 5.90. The molecule has 2 N–H and O–H groups in total. The summed E-state index contributed by atoms with van der Waals surface area (Å²) in [7, 11) is 0. The molecule has 0 aliphatic rings. The van der Waals surface area contributed by atoms with Gasteiger partial charge in [0.25, 0.3) is 0 Å². The van der Waals surface area contributed by atoms with Crippen LogP contribution >= 0.6 is 0 Å². The number of aromatic nitrogens is 2. The molecule has 1 aromatic heterocycles. The number of hydrogen-bond acceptors (Lipinski definition) is 4. The van der Waals surface area contributed by atoms with Gasteiger partial charge in [-0.15, -0.1) is 5.10 Å². The fourth-order valence-corrected chi connectivity index (χ4v) is 1.52. The number of carbonyl (C=O) groups is 1. The van der Waals surface area contributed by atoms with Gasteiger partial charge < -0.3 is 10.4 Å². The smallest absolute Gasteiger partial charge is 0.339 e. The quantitative estimate of drug-likeness (QED) is 0.712. The molecule has 0 spiro atoms. The van der Waals surface area contributed by atoms with Crippen LogP contribution in [0.15, 0.2) is 12.3 Å². The van der Waals surface area contributed by atoms with E-state index in [4.69, 9.17) is 5.11 Å². The van der Waals surface area contributed by atoms with Gasteiger partial charge in [-0.05, 0) is 18.4 Å². The van der Waals surface area contributed by atoms with E-state index >= 15 is 0 Å². The average Bonchev–Trinajstić information content (AvgIpc) is 2.28. The standard InChI is InChI=1S/C12H19N3O2/c1-9(2)5-3-4-7-13-11-10(12(16)17)6-8-14-15-11/h6,8-9H,3-5,7H2,1-2H3,(H,13,15)(H,16,17). The van der Waals surface area contributed by atoms with E-state index in [2.05, 4.69) is 29.4 Å². The maximum absolute atomic E-state index is 10.9. The zero-order valence-electron chi connectivity index (χ0n) is 10.3. The Morgan fingerprint density at radius 2 is 2.24 bits per heavy atom. The summed E-state index contributed by atoms with van der Waals surface area (Å²) in [5, 5.41) is 19.4. The third-order valence-corrected chi connectivity index (χ3v) is 2.45. The Morgan fingerprint density at radius 1 is 1.47 bits per heavy atom. The fraction of sp³-hybridized carbons (Fsp3) is 0.583. The highest BCUT2D eigenvalue weighted by Gasteiger charge is 2.10. The zero-order valence-corrected chi connectivity index (χ0v) is 10.3. The summed E-state index contributed by atoms with van der Waals surface area (Å²) in [4.78, 5) is 10.9. The van der Waals surface area contributed by atoms with E-state index in [1.54, 1.807) is 0 Å². The van der Waals surface area contributed by atoms with Crippen LogP contribution in [-0.4, -0.2) is 27.8 Å². The number of nitrogens with zero attached hydrogens (tertiary/aromatic N) is 2. The Bertz CT molecular complexity index is 367. The average molecular weight is 237 g/mol. The summed E-state index contributed by atoms with van der Waals surface area (Å²) in [6, 6.07) is 1.45. The molecule has 17 heavy (non-hydrogen) atoms. The predicted molar refractivity (Wildman–Crippen MR) is 66.2 cm³/mol. The van der Waals surface area contributed by atoms with Crippen molar-refractivity contribution in [1.82, 2.24) is 10.2 Å². The number of unbranched alkanes of at least 4 members (excludes halogenated alkanes) is 1. The van der Waals surface area contributed by atoms with Gasteiger partial charge in [-0.25, -0.2) is 4.79 Å². The first kappa shape index (κ1) is 13.4. The monoisotopic (exact) mass is 237 g/mol. The Kier molecular flexibility index (Phi) is 5.39. The molecule has 0 aliphatic carbocycles. The van der Waals surface area contributed by atoms with Crippen molar-refractivity contribution >= 4 is 11.8 Å². The lowest BCUT2D eigenvalue weighted by atomic mass is 10.1. The number of rotatable bonds is 7. The Morgan fingerprint density at radius 3 is 2.88 bits per heavy atom. The van der Waals surface area contributed by atoms with Gasteiger partial charge in [-0.1, -0.05) is 26.7 Å². The Balaban J connectivity index is 2.39. The molecular weight excluding hydrogens is 218 g/mol. The first-order chi connectivity index (χ1) is 8.11. The molecular formula is C12H19N3O2. The van der Waals surface area contributed by atoms with E-state index in [9.17, 15) is 4.79 Å². The maximum Gasteiger partial charge on any atom is 0.339 e. The Labute approximate surface area is 101 Å². The van der Waals surface area contributed by atoms with Crippen LogP contribution in [0.1, 0.15) is 43.5 Å². The van der Waals surface area contributed by atoms with E-state index in [0.29, 0.717) is 11.7 Å². The van der Waals surface area contributed by atoms with Crippen molar-refractivity contribution in [2.45, 2.75) is 33.1 Å². The molecule has 5 nitrogen and oxygen atoms in total. The normalized spacial score (nSPS) is 10.5. The second-order valence-electron chi connectivity index (χ2n) is 4.42. The molecule has 1 heterocycles. The SMILES string of the molecule is CC(C)CCCCNc1nnccc1C(=O)O. The van der Waals surface area contributed by atoms with Crippen molar-refractivity contribution in [1.29, 1.82) is 0 Å². The number of hydrogen-bond donors (Lipinski definition) is 2. The molecule has 0 unspecified atom stereocenters. The fourth-order valence-electron chi connectivity index (χ4n) is 1.52. The van der Waals surface area contributed by atoms with Crippen LogP contribution in [-0.2, 0) is 0 Å². The summed E-state index contributed by atoms with van der Waals surface area (Å²) in [5.41, 5.74) is 0.170. The minimum absolute atomic E-state index is 0.170. The largest absolute Gasteiger partial charge is 0.478 e. The van der Waals surface area contributed by atoms with Gasteiger partial charge in [0.05, 0.1) is 6.20 Å². The summed E-state index contributed by atoms with van der Waals surface area (Å²) >= 11 is 0. The number of aromatic carboxylic acids is 1. The highest BCUT2D eigenvalue weighted by atomic mass is 16.4. The summed E-state index contributed by atoms with van der Waals surface area (Å²) in [6.07, 6.45) is 4.71. The van der Waals surface area contributed by atoms with Crippen LogP contribution in [0.25, 0.3) is 0 Å². The second-order valence-corrected chi connectivity index (χ2v) is 4.42. The number of nitrogens with one attached hydrogen (secondary N) is 1. The second kappa shape index (κ2) is 6.83. The van der Waals surface area contributed by atoms with Gasteiger partial charge >= 0.3 is 5.97 Å². The summed E-state index contributed by atoms with van der Waals surface area (Å²) in [5.74, 6) is 0.0789. The number of carboxylic acids is 1. The van der Waals surface area contributed by atoms with E-state index in [1.165, 1.54) is 18.7 Å². The van der Waals surface area contributed by atoms with Crippen LogP contribution in [0, 0.1) is 5.92 Å². The molecule has 0 amide bonds. The first-order valence-electron chi connectivity index (χ1n) is 5.90. The number of anilines is 1. The lowest BCUT2D eigenvalue weighted by Gasteiger charge is -2.08. The lowest BCUT2D eigenvalue weighted by Crippen LogP contribution is -2.10. The molecule has 0 saturated carbocycles. The molecule has 0 fully saturated rings. The van der Waals surface area contributed by atoms with E-state index in [-0.39, 0.29) is 5.56 Å². The van der Waals surface area contributed by atoms with Crippen molar-refractivity contribution in [3.8, 4) is 0 Å². The van der Waals surface area contributed by atoms with Gasteiger partial charge in [0.15, 0.2) is 5.82 Å². The molecule has 0 atom stereocenters. The highest BCUT2D eigenvalue weighted by molar-refractivity contribution is 5.92. The van der Waals surface area contributed by atoms with Crippen LogP contribution in [0.2, 0.25) is 0 Å². The maximum atomic E-state index is 10.9. The van der Waals surface area contributed by atoms with Crippen molar-refractivity contribution in [3.63, 3.8) is 0 Å². The van der Waals surface area contributed by atoms with Crippen LogP contribution in [0.4, 0.5) is 5.82 Å². The topological polar surface area (TPSA) is 75.1 Å². The number of carboxylic acid groups (broad SMARTS) is 1. The van der Waals surface area contributed by atoms with Gasteiger partial charge in [0.2, 0.25) is 0 Å².